The lowest BCUT2D eigenvalue weighted by Crippen LogP contribution is -2.50. The van der Waals surface area contributed by atoms with Gasteiger partial charge >= 0.3 is 0 Å². The number of hydrogen-bond acceptors (Lipinski definition) is 5. The first-order valence-electron chi connectivity index (χ1n) is 6.94. The van der Waals surface area contributed by atoms with E-state index in [9.17, 15) is 13.2 Å². The van der Waals surface area contributed by atoms with Crippen LogP contribution in [-0.4, -0.2) is 73.3 Å². The molecule has 0 atom stereocenters. The number of carbonyl (C=O) groups is 1. The van der Waals surface area contributed by atoms with Crippen LogP contribution in [0.3, 0.4) is 0 Å². The van der Waals surface area contributed by atoms with E-state index in [-0.39, 0.29) is 10.9 Å². The number of nitrogens with one attached hydrogen (secondary N) is 2. The van der Waals surface area contributed by atoms with Gasteiger partial charge in [-0.05, 0) is 0 Å². The van der Waals surface area contributed by atoms with Crippen LogP contribution >= 0.6 is 0 Å². The number of nitrogens with zero attached hydrogens (tertiary/aromatic N) is 3. The van der Waals surface area contributed by atoms with Crippen molar-refractivity contribution in [2.24, 2.45) is 0 Å². The number of aromatic nitrogens is 2. The summed E-state index contributed by atoms with van der Waals surface area (Å²) in [6, 6.07) is 0. The summed E-state index contributed by atoms with van der Waals surface area (Å²) in [5.74, 6) is 0.597. The lowest BCUT2D eigenvalue weighted by atomic mass is 10.3. The first-order chi connectivity index (χ1) is 9.97. The number of amides is 1. The van der Waals surface area contributed by atoms with Crippen LogP contribution in [0.1, 0.15) is 12.7 Å². The molecule has 1 aromatic rings. The van der Waals surface area contributed by atoms with Crippen molar-refractivity contribution in [2.75, 3.05) is 39.8 Å². The summed E-state index contributed by atoms with van der Waals surface area (Å²) in [6.45, 7) is 4.05. The molecule has 0 bridgehead atoms. The van der Waals surface area contributed by atoms with Gasteiger partial charge in [0.2, 0.25) is 5.91 Å². The molecule has 9 heteroatoms. The number of H-pyrrole nitrogens is 1. The molecular formula is C12H21N5O3S. The Kier molecular flexibility index (Phi) is 4.96. The lowest BCUT2D eigenvalue weighted by molar-refractivity contribution is -0.122. The predicted molar refractivity (Wildman–Crippen MR) is 77.2 cm³/mol. The zero-order valence-corrected chi connectivity index (χ0v) is 13.1. The third-order valence-corrected chi connectivity index (χ3v) is 5.34. The van der Waals surface area contributed by atoms with E-state index in [0.29, 0.717) is 45.0 Å². The molecule has 1 aliphatic rings. The average molecular weight is 315 g/mol. The summed E-state index contributed by atoms with van der Waals surface area (Å²) in [6.07, 6.45) is 2.03. The highest BCUT2D eigenvalue weighted by atomic mass is 32.2. The van der Waals surface area contributed by atoms with Crippen molar-refractivity contribution in [1.82, 2.24) is 24.5 Å². The van der Waals surface area contributed by atoms with Crippen LogP contribution < -0.4 is 5.32 Å². The smallest absolute Gasteiger partial charge is 0.260 e. The van der Waals surface area contributed by atoms with Crippen LogP contribution in [0.4, 0.5) is 0 Å². The summed E-state index contributed by atoms with van der Waals surface area (Å²) < 4.78 is 26.3. The van der Waals surface area contributed by atoms with Crippen molar-refractivity contribution in [3.63, 3.8) is 0 Å². The highest BCUT2D eigenvalue weighted by molar-refractivity contribution is 7.89. The van der Waals surface area contributed by atoms with Crippen molar-refractivity contribution in [1.29, 1.82) is 0 Å². The molecule has 1 saturated heterocycles. The van der Waals surface area contributed by atoms with Gasteiger partial charge in [0.15, 0.2) is 5.03 Å². The SMILES string of the molecule is CCc1ncc(S(=O)(=O)N2CCN(CC(=O)NC)CC2)[nH]1. The van der Waals surface area contributed by atoms with E-state index < -0.39 is 10.0 Å². The number of aryl methyl sites for hydroxylation is 1. The molecule has 118 valence electrons. The lowest BCUT2D eigenvalue weighted by Gasteiger charge is -2.33. The monoisotopic (exact) mass is 315 g/mol. The number of imidazole rings is 1. The minimum Gasteiger partial charge on any atom is -0.358 e. The molecule has 0 spiro atoms. The standard InChI is InChI=1S/C12H21N5O3S/c1-3-10-14-8-12(15-10)21(19,20)17-6-4-16(5-7-17)9-11(18)13-2/h8H,3-7,9H2,1-2H3,(H,13,18)(H,14,15). The predicted octanol–water partition coefficient (Wildman–Crippen LogP) is -0.976. The molecule has 2 rings (SSSR count). The van der Waals surface area contributed by atoms with Crippen LogP contribution in [0, 0.1) is 0 Å². The van der Waals surface area contributed by atoms with Crippen LogP contribution in [0.15, 0.2) is 11.2 Å². The van der Waals surface area contributed by atoms with Gasteiger partial charge in [0.1, 0.15) is 5.82 Å². The van der Waals surface area contributed by atoms with E-state index in [4.69, 9.17) is 0 Å². The summed E-state index contributed by atoms with van der Waals surface area (Å²) in [7, 11) is -1.93. The van der Waals surface area contributed by atoms with E-state index in [1.165, 1.54) is 10.5 Å². The normalized spacial score (nSPS) is 17.8. The topological polar surface area (TPSA) is 98.4 Å². The Morgan fingerprint density at radius 3 is 2.57 bits per heavy atom. The van der Waals surface area contributed by atoms with Crippen molar-refractivity contribution in [3.05, 3.63) is 12.0 Å². The van der Waals surface area contributed by atoms with Crippen molar-refractivity contribution in [3.8, 4) is 0 Å². The molecule has 1 fully saturated rings. The third kappa shape index (κ3) is 3.60. The van der Waals surface area contributed by atoms with Crippen LogP contribution in [0.25, 0.3) is 0 Å². The minimum absolute atomic E-state index is 0.0625. The maximum Gasteiger partial charge on any atom is 0.260 e. The van der Waals surface area contributed by atoms with Gasteiger partial charge < -0.3 is 10.3 Å². The van der Waals surface area contributed by atoms with E-state index in [1.807, 2.05) is 11.8 Å². The second kappa shape index (κ2) is 6.54. The Bertz CT molecular complexity index is 590. The second-order valence-electron chi connectivity index (χ2n) is 4.90. The fourth-order valence-corrected chi connectivity index (χ4v) is 3.56. The van der Waals surface area contributed by atoms with Gasteiger partial charge in [0.05, 0.1) is 12.7 Å². The number of hydrogen-bond donors (Lipinski definition) is 2. The molecule has 1 amide bonds. The molecule has 0 aromatic carbocycles. The minimum atomic E-state index is -3.52. The second-order valence-corrected chi connectivity index (χ2v) is 6.81. The quantitative estimate of drug-likeness (QED) is 0.728. The molecule has 8 nitrogen and oxygen atoms in total. The van der Waals surface area contributed by atoms with E-state index in [0.717, 1.165) is 0 Å². The summed E-state index contributed by atoms with van der Waals surface area (Å²) in [4.78, 5) is 20.1. The van der Waals surface area contributed by atoms with E-state index >= 15 is 0 Å². The van der Waals surface area contributed by atoms with Gasteiger partial charge in [-0.3, -0.25) is 9.69 Å². The molecule has 0 unspecified atom stereocenters. The van der Waals surface area contributed by atoms with Gasteiger partial charge in [0.25, 0.3) is 10.0 Å². The molecule has 0 saturated carbocycles. The van der Waals surface area contributed by atoms with Crippen LogP contribution in [0.5, 0.6) is 0 Å². The molecule has 1 aliphatic heterocycles. The Morgan fingerprint density at radius 2 is 2.05 bits per heavy atom. The first-order valence-corrected chi connectivity index (χ1v) is 8.38. The van der Waals surface area contributed by atoms with Gasteiger partial charge in [-0.2, -0.15) is 4.31 Å². The van der Waals surface area contributed by atoms with Crippen molar-refractivity contribution in [2.45, 2.75) is 18.4 Å². The Hall–Kier alpha value is -1.45. The molecule has 1 aromatic heterocycles. The van der Waals surface area contributed by atoms with E-state index in [2.05, 4.69) is 15.3 Å². The Morgan fingerprint density at radius 1 is 1.38 bits per heavy atom. The number of rotatable bonds is 5. The number of aromatic amines is 1. The van der Waals surface area contributed by atoms with Gasteiger partial charge in [0, 0.05) is 39.6 Å². The molecule has 2 heterocycles. The molecule has 0 radical (unpaired) electrons. The summed E-state index contributed by atoms with van der Waals surface area (Å²) in [5.41, 5.74) is 0. The Balaban J connectivity index is 1.99. The van der Waals surface area contributed by atoms with Crippen molar-refractivity contribution < 1.29 is 13.2 Å². The summed E-state index contributed by atoms with van der Waals surface area (Å²) in [5, 5.41) is 2.70. The maximum atomic E-state index is 12.5. The van der Waals surface area contributed by atoms with Crippen molar-refractivity contribution >= 4 is 15.9 Å². The fourth-order valence-electron chi connectivity index (χ4n) is 2.20. The number of carbonyl (C=O) groups excluding carboxylic acids is 1. The zero-order chi connectivity index (χ0) is 15.5. The van der Waals surface area contributed by atoms with Gasteiger partial charge in [-0.1, -0.05) is 6.92 Å². The highest BCUT2D eigenvalue weighted by Gasteiger charge is 2.30. The zero-order valence-electron chi connectivity index (χ0n) is 12.3. The van der Waals surface area contributed by atoms with Crippen LogP contribution in [-0.2, 0) is 21.2 Å². The number of likely N-dealkylation sites (N-methyl/N-ethyl adjacent to an activating group) is 1. The largest absolute Gasteiger partial charge is 0.358 e. The van der Waals surface area contributed by atoms with E-state index in [1.54, 1.807) is 7.05 Å². The van der Waals surface area contributed by atoms with Gasteiger partial charge in [-0.25, -0.2) is 13.4 Å². The van der Waals surface area contributed by atoms with Gasteiger partial charge in [-0.15, -0.1) is 0 Å². The maximum absolute atomic E-state index is 12.5. The summed E-state index contributed by atoms with van der Waals surface area (Å²) >= 11 is 0. The molecule has 21 heavy (non-hydrogen) atoms. The molecule has 2 N–H and O–H groups in total. The average Bonchev–Trinajstić information content (AvgIpc) is 2.97. The fraction of sp³-hybridized carbons (Fsp3) is 0.667. The molecule has 0 aliphatic carbocycles. The number of piperazine rings is 1. The van der Waals surface area contributed by atoms with Crippen LogP contribution in [0.2, 0.25) is 0 Å². The first kappa shape index (κ1) is 15.9. The molecular weight excluding hydrogens is 294 g/mol. The Labute approximate surface area is 124 Å². The number of sulfonamides is 1. The highest BCUT2D eigenvalue weighted by Crippen LogP contribution is 2.15. The third-order valence-electron chi connectivity index (χ3n) is 3.54.